The molecule has 0 aliphatic carbocycles. The second-order valence-electron chi connectivity index (χ2n) is 6.75. The van der Waals surface area contributed by atoms with Crippen molar-refractivity contribution in [3.63, 3.8) is 0 Å². The van der Waals surface area contributed by atoms with E-state index in [9.17, 15) is 4.79 Å². The second kappa shape index (κ2) is 11.6. The zero-order valence-corrected chi connectivity index (χ0v) is 18.7. The lowest BCUT2D eigenvalue weighted by Gasteiger charge is -2.35. The van der Waals surface area contributed by atoms with Gasteiger partial charge in [0.15, 0.2) is 5.76 Å². The van der Waals surface area contributed by atoms with E-state index < -0.39 is 0 Å². The Morgan fingerprint density at radius 1 is 1.16 bits per heavy atom. The molecule has 3 heterocycles. The van der Waals surface area contributed by atoms with Crippen molar-refractivity contribution in [3.8, 4) is 22.8 Å². The highest BCUT2D eigenvalue weighted by atomic mass is 35.5. The zero-order chi connectivity index (χ0) is 20.1. The number of rotatable bonds is 6. The first-order chi connectivity index (χ1) is 14.2. The van der Waals surface area contributed by atoms with Crippen molar-refractivity contribution in [3.05, 3.63) is 66.7 Å². The fourth-order valence-corrected chi connectivity index (χ4v) is 3.31. The van der Waals surface area contributed by atoms with Crippen LogP contribution in [0.15, 0.2) is 65.3 Å². The molecule has 1 aliphatic heterocycles. The van der Waals surface area contributed by atoms with Gasteiger partial charge in [0, 0.05) is 31.4 Å². The van der Waals surface area contributed by atoms with E-state index in [2.05, 4.69) is 10.3 Å². The van der Waals surface area contributed by atoms with Crippen LogP contribution in [0.1, 0.15) is 10.6 Å². The Morgan fingerprint density at radius 2 is 1.97 bits per heavy atom. The molecule has 0 bridgehead atoms. The predicted molar refractivity (Wildman–Crippen MR) is 123 cm³/mol. The van der Waals surface area contributed by atoms with Gasteiger partial charge < -0.3 is 24.1 Å². The first-order valence-electron chi connectivity index (χ1n) is 9.53. The number of furan rings is 1. The molecule has 0 unspecified atom stereocenters. The molecule has 9 heteroatoms. The Morgan fingerprint density at radius 3 is 2.68 bits per heavy atom. The maximum absolute atomic E-state index is 13.1. The fraction of sp³-hybridized carbons (Fsp3) is 0.273. The van der Waals surface area contributed by atoms with Crippen molar-refractivity contribution in [2.24, 2.45) is 0 Å². The highest BCUT2D eigenvalue weighted by Crippen LogP contribution is 2.25. The number of piperazine rings is 1. The lowest BCUT2D eigenvalue weighted by molar-refractivity contribution is 0.0529. The molecule has 1 atom stereocenters. The summed E-state index contributed by atoms with van der Waals surface area (Å²) in [5.74, 6) is 2.29. The largest absolute Gasteiger partial charge is 0.497 e. The zero-order valence-electron chi connectivity index (χ0n) is 17.0. The third-order valence-corrected chi connectivity index (χ3v) is 4.88. The maximum atomic E-state index is 13.1. The molecule has 7 nitrogen and oxygen atoms in total. The second-order valence-corrected chi connectivity index (χ2v) is 6.75. The van der Waals surface area contributed by atoms with Gasteiger partial charge in [0.05, 0.1) is 19.3 Å². The Labute approximate surface area is 193 Å². The molecule has 0 spiro atoms. The van der Waals surface area contributed by atoms with Crippen LogP contribution in [0.2, 0.25) is 0 Å². The molecule has 4 rings (SSSR count). The molecule has 3 aromatic rings. The van der Waals surface area contributed by atoms with Crippen molar-refractivity contribution < 1.29 is 18.7 Å². The SMILES string of the molecule is COc1ccc(-c2ccc(C(=O)N3CCNC[C@H]3COc3cccnc3)o2)cc1.Cl.Cl. The van der Waals surface area contributed by atoms with E-state index in [-0.39, 0.29) is 36.8 Å². The molecule has 1 aliphatic rings. The maximum Gasteiger partial charge on any atom is 0.290 e. The first kappa shape index (κ1) is 24.5. The molecule has 1 N–H and O–H groups in total. The number of hydrogen-bond acceptors (Lipinski definition) is 6. The summed E-state index contributed by atoms with van der Waals surface area (Å²) >= 11 is 0. The highest BCUT2D eigenvalue weighted by molar-refractivity contribution is 5.92. The summed E-state index contributed by atoms with van der Waals surface area (Å²) in [6.07, 6.45) is 3.36. The number of nitrogens with zero attached hydrogens (tertiary/aromatic N) is 2. The molecule has 1 aromatic carbocycles. The van der Waals surface area contributed by atoms with Gasteiger partial charge in [0.25, 0.3) is 5.91 Å². The van der Waals surface area contributed by atoms with Gasteiger partial charge in [-0.05, 0) is 48.5 Å². The van der Waals surface area contributed by atoms with Gasteiger partial charge in [-0.25, -0.2) is 0 Å². The number of amides is 1. The van der Waals surface area contributed by atoms with Gasteiger partial charge in [0.1, 0.15) is 23.9 Å². The summed E-state index contributed by atoms with van der Waals surface area (Å²) in [5.41, 5.74) is 0.890. The van der Waals surface area contributed by atoms with Crippen LogP contribution in [0, 0.1) is 0 Å². The van der Waals surface area contributed by atoms with Gasteiger partial charge in [-0.3, -0.25) is 9.78 Å². The molecule has 1 saturated heterocycles. The Kier molecular flexibility index (Phi) is 9.18. The van der Waals surface area contributed by atoms with Gasteiger partial charge in [0.2, 0.25) is 0 Å². The first-order valence-corrected chi connectivity index (χ1v) is 9.53. The Balaban J connectivity index is 0.00000171. The van der Waals surface area contributed by atoms with Crippen LogP contribution in [0.5, 0.6) is 11.5 Å². The summed E-state index contributed by atoms with van der Waals surface area (Å²) in [7, 11) is 1.63. The van der Waals surface area contributed by atoms with Crippen LogP contribution in [0.3, 0.4) is 0 Å². The smallest absolute Gasteiger partial charge is 0.290 e. The molecular weight excluding hydrogens is 441 g/mol. The van der Waals surface area contributed by atoms with Crippen LogP contribution in [0.25, 0.3) is 11.3 Å². The van der Waals surface area contributed by atoms with Gasteiger partial charge in [-0.1, -0.05) is 0 Å². The fourth-order valence-electron chi connectivity index (χ4n) is 3.31. The van der Waals surface area contributed by atoms with Crippen LogP contribution in [-0.2, 0) is 0 Å². The minimum Gasteiger partial charge on any atom is -0.497 e. The number of aromatic nitrogens is 1. The van der Waals surface area contributed by atoms with Crippen LogP contribution in [0.4, 0.5) is 0 Å². The van der Waals surface area contributed by atoms with Gasteiger partial charge >= 0.3 is 0 Å². The topological polar surface area (TPSA) is 76.8 Å². The average molecular weight is 466 g/mol. The number of methoxy groups -OCH3 is 1. The highest BCUT2D eigenvalue weighted by Gasteiger charge is 2.29. The summed E-state index contributed by atoms with van der Waals surface area (Å²) in [6.45, 7) is 2.38. The van der Waals surface area contributed by atoms with Crippen LogP contribution >= 0.6 is 24.8 Å². The summed E-state index contributed by atoms with van der Waals surface area (Å²) in [6, 6.07) is 14.7. The molecule has 2 aromatic heterocycles. The minimum absolute atomic E-state index is 0. The van der Waals surface area contributed by atoms with Crippen LogP contribution in [-0.4, -0.2) is 55.2 Å². The predicted octanol–water partition coefficient (Wildman–Crippen LogP) is 3.69. The third-order valence-electron chi connectivity index (χ3n) is 4.88. The third kappa shape index (κ3) is 5.91. The number of carbonyl (C=O) groups excluding carboxylic acids is 1. The van der Waals surface area contributed by atoms with Gasteiger partial charge in [-0.2, -0.15) is 0 Å². The van der Waals surface area contributed by atoms with Crippen molar-refractivity contribution in [2.75, 3.05) is 33.4 Å². The molecular formula is C22H25Cl2N3O4. The lowest BCUT2D eigenvalue weighted by Crippen LogP contribution is -2.55. The van der Waals surface area contributed by atoms with E-state index >= 15 is 0 Å². The summed E-state index contributed by atoms with van der Waals surface area (Å²) in [5, 5.41) is 3.32. The molecule has 1 amide bonds. The van der Waals surface area contributed by atoms with E-state index in [0.717, 1.165) is 17.9 Å². The molecule has 31 heavy (non-hydrogen) atoms. The minimum atomic E-state index is -0.133. The number of benzene rings is 1. The van der Waals surface area contributed by atoms with Crippen LogP contribution < -0.4 is 14.8 Å². The Bertz CT molecular complexity index is 951. The molecule has 166 valence electrons. The van der Waals surface area contributed by atoms with E-state index in [1.54, 1.807) is 25.6 Å². The van der Waals surface area contributed by atoms with Crippen molar-refractivity contribution in [2.45, 2.75) is 6.04 Å². The number of ether oxygens (including phenoxy) is 2. The number of hydrogen-bond donors (Lipinski definition) is 1. The Hall–Kier alpha value is -2.74. The molecule has 1 fully saturated rings. The summed E-state index contributed by atoms with van der Waals surface area (Å²) < 4.78 is 16.9. The number of halogens is 2. The lowest BCUT2D eigenvalue weighted by atomic mass is 10.1. The quantitative estimate of drug-likeness (QED) is 0.598. The standard InChI is InChI=1S/C22H23N3O4.2ClH/c1-27-18-6-4-16(5-7-18)20-8-9-21(29-20)22(26)25-12-11-24-13-17(25)15-28-19-3-2-10-23-14-19;;/h2-10,14,17,24H,11-13,15H2,1H3;2*1H/t17-;;/m0../s1. The van der Waals surface area contributed by atoms with E-state index in [4.69, 9.17) is 13.9 Å². The van der Waals surface area contributed by atoms with Crippen molar-refractivity contribution >= 4 is 30.7 Å². The van der Waals surface area contributed by atoms with Gasteiger partial charge in [-0.15, -0.1) is 24.8 Å². The average Bonchev–Trinajstić information content (AvgIpc) is 3.28. The number of pyridine rings is 1. The molecule has 0 radical (unpaired) electrons. The summed E-state index contributed by atoms with van der Waals surface area (Å²) in [4.78, 5) is 18.9. The number of nitrogens with one attached hydrogen (secondary N) is 1. The normalized spacial score (nSPS) is 15.4. The number of carbonyl (C=O) groups is 1. The van der Waals surface area contributed by atoms with Crippen molar-refractivity contribution in [1.82, 2.24) is 15.2 Å². The van der Waals surface area contributed by atoms with E-state index in [1.165, 1.54) is 0 Å². The van der Waals surface area contributed by atoms with Crippen molar-refractivity contribution in [1.29, 1.82) is 0 Å². The monoisotopic (exact) mass is 465 g/mol. The van der Waals surface area contributed by atoms with E-state index in [1.807, 2.05) is 47.4 Å². The molecule has 0 saturated carbocycles. The van der Waals surface area contributed by atoms with E-state index in [0.29, 0.717) is 37.0 Å².